The fourth-order valence-electron chi connectivity index (χ4n) is 3.18. The van der Waals surface area contributed by atoms with Crippen LogP contribution in [-0.2, 0) is 4.79 Å². The molecule has 8 heteroatoms. The number of nitrogens with zero attached hydrogens (tertiary/aromatic N) is 5. The van der Waals surface area contributed by atoms with Crippen LogP contribution >= 0.6 is 0 Å². The number of piperazine rings is 1. The smallest absolute Gasteiger partial charge is 0.276 e. The summed E-state index contributed by atoms with van der Waals surface area (Å²) in [7, 11) is 0. The van der Waals surface area contributed by atoms with Crippen molar-refractivity contribution in [2.45, 2.75) is 26.7 Å². The van der Waals surface area contributed by atoms with E-state index in [4.69, 9.17) is 0 Å². The van der Waals surface area contributed by atoms with Crippen LogP contribution in [0.15, 0.2) is 30.3 Å². The predicted molar refractivity (Wildman–Crippen MR) is 106 cm³/mol. The van der Waals surface area contributed by atoms with Crippen LogP contribution in [0.4, 0.5) is 0 Å². The van der Waals surface area contributed by atoms with Crippen molar-refractivity contribution in [3.8, 4) is 5.69 Å². The minimum Gasteiger partial charge on any atom is -0.355 e. The summed E-state index contributed by atoms with van der Waals surface area (Å²) >= 11 is 0. The van der Waals surface area contributed by atoms with E-state index in [1.165, 1.54) is 4.80 Å². The fraction of sp³-hybridized carbons (Fsp3) is 0.500. The van der Waals surface area contributed by atoms with Crippen LogP contribution in [0.5, 0.6) is 0 Å². The third-order valence-electron chi connectivity index (χ3n) is 4.85. The van der Waals surface area contributed by atoms with Crippen LogP contribution in [0.2, 0.25) is 0 Å². The highest BCUT2D eigenvalue weighted by atomic mass is 16.2. The average Bonchev–Trinajstić information content (AvgIpc) is 3.10. The van der Waals surface area contributed by atoms with Gasteiger partial charge in [0.15, 0.2) is 5.69 Å². The summed E-state index contributed by atoms with van der Waals surface area (Å²) in [5.74, 6) is -0.0541. The highest BCUT2D eigenvalue weighted by molar-refractivity contribution is 5.93. The summed E-state index contributed by atoms with van der Waals surface area (Å²) in [6.07, 6.45) is 2.06. The Bertz CT molecular complexity index is 796. The molecule has 1 N–H and O–H groups in total. The molecule has 0 unspecified atom stereocenters. The number of nitrogens with one attached hydrogen (secondary N) is 1. The van der Waals surface area contributed by atoms with Crippen molar-refractivity contribution >= 4 is 11.8 Å². The lowest BCUT2D eigenvalue weighted by molar-refractivity contribution is -0.122. The summed E-state index contributed by atoms with van der Waals surface area (Å²) in [4.78, 5) is 30.2. The molecule has 3 rings (SSSR count). The Kier molecular flexibility index (Phi) is 6.76. The van der Waals surface area contributed by atoms with E-state index in [0.29, 0.717) is 44.1 Å². The Hall–Kier alpha value is -2.74. The van der Waals surface area contributed by atoms with Crippen molar-refractivity contribution in [3.05, 3.63) is 41.7 Å². The maximum Gasteiger partial charge on any atom is 0.276 e. The molecule has 0 spiro atoms. The number of aromatic nitrogens is 3. The standard InChI is InChI=1S/C20H28N6O2/c1-3-4-10-21-18(27)15-24-11-13-25(14-12-24)20(28)19-16(2)22-26(23-19)17-8-6-5-7-9-17/h5-9H,3-4,10-15H2,1-2H3,(H,21,27). The lowest BCUT2D eigenvalue weighted by Crippen LogP contribution is -2.51. The van der Waals surface area contributed by atoms with E-state index in [9.17, 15) is 9.59 Å². The Morgan fingerprint density at radius 1 is 1.07 bits per heavy atom. The van der Waals surface area contributed by atoms with E-state index in [2.05, 4.69) is 27.3 Å². The summed E-state index contributed by atoms with van der Waals surface area (Å²) in [6.45, 7) is 7.53. The maximum absolute atomic E-state index is 12.9. The zero-order chi connectivity index (χ0) is 19.9. The molecule has 2 amide bonds. The third-order valence-corrected chi connectivity index (χ3v) is 4.85. The molecular formula is C20H28N6O2. The van der Waals surface area contributed by atoms with Crippen LogP contribution in [0.3, 0.4) is 0 Å². The largest absolute Gasteiger partial charge is 0.355 e. The number of hydrogen-bond donors (Lipinski definition) is 1. The Labute approximate surface area is 165 Å². The molecule has 1 aromatic heterocycles. The molecule has 28 heavy (non-hydrogen) atoms. The zero-order valence-electron chi connectivity index (χ0n) is 16.6. The summed E-state index contributed by atoms with van der Waals surface area (Å²) < 4.78 is 0. The van der Waals surface area contributed by atoms with Gasteiger partial charge in [-0.2, -0.15) is 9.90 Å². The maximum atomic E-state index is 12.9. The fourth-order valence-corrected chi connectivity index (χ4v) is 3.18. The molecule has 1 aliphatic rings. The topological polar surface area (TPSA) is 83.4 Å². The number of unbranched alkanes of at least 4 members (excludes halogenated alkanes) is 1. The second-order valence-electron chi connectivity index (χ2n) is 7.03. The van der Waals surface area contributed by atoms with Gasteiger partial charge in [0.05, 0.1) is 17.9 Å². The van der Waals surface area contributed by atoms with Gasteiger partial charge in [0.1, 0.15) is 0 Å². The number of para-hydroxylation sites is 1. The van der Waals surface area contributed by atoms with Crippen LogP contribution in [-0.4, -0.2) is 75.9 Å². The van der Waals surface area contributed by atoms with Gasteiger partial charge in [0.25, 0.3) is 5.91 Å². The monoisotopic (exact) mass is 384 g/mol. The highest BCUT2D eigenvalue weighted by Gasteiger charge is 2.26. The van der Waals surface area contributed by atoms with E-state index in [1.807, 2.05) is 30.3 Å². The number of rotatable bonds is 7. The molecule has 0 radical (unpaired) electrons. The number of aryl methyl sites for hydroxylation is 1. The minimum atomic E-state index is -0.105. The Balaban J connectivity index is 1.54. The second kappa shape index (κ2) is 9.45. The first-order valence-electron chi connectivity index (χ1n) is 9.86. The van der Waals surface area contributed by atoms with Gasteiger partial charge in [-0.1, -0.05) is 31.5 Å². The van der Waals surface area contributed by atoms with Crippen molar-refractivity contribution in [3.63, 3.8) is 0 Å². The molecule has 8 nitrogen and oxygen atoms in total. The minimum absolute atomic E-state index is 0.0508. The quantitative estimate of drug-likeness (QED) is 0.727. The number of carbonyl (C=O) groups excluding carboxylic acids is 2. The molecule has 2 heterocycles. The first-order valence-corrected chi connectivity index (χ1v) is 9.86. The molecule has 1 aliphatic heterocycles. The van der Waals surface area contributed by atoms with Crippen LogP contribution < -0.4 is 5.32 Å². The molecule has 2 aromatic rings. The Morgan fingerprint density at radius 3 is 2.46 bits per heavy atom. The SMILES string of the molecule is CCCCNC(=O)CN1CCN(C(=O)c2nn(-c3ccccc3)nc2C)CC1. The molecule has 1 aromatic carbocycles. The second-order valence-corrected chi connectivity index (χ2v) is 7.03. The van der Waals surface area contributed by atoms with Crippen molar-refractivity contribution < 1.29 is 9.59 Å². The highest BCUT2D eigenvalue weighted by Crippen LogP contribution is 2.12. The Morgan fingerprint density at radius 2 is 1.79 bits per heavy atom. The molecule has 0 bridgehead atoms. The lowest BCUT2D eigenvalue weighted by Gasteiger charge is -2.34. The summed E-state index contributed by atoms with van der Waals surface area (Å²) in [5, 5.41) is 11.7. The average molecular weight is 384 g/mol. The number of hydrogen-bond acceptors (Lipinski definition) is 5. The van der Waals surface area contributed by atoms with E-state index < -0.39 is 0 Å². The predicted octanol–water partition coefficient (Wildman–Crippen LogP) is 1.25. The first kappa shape index (κ1) is 20.0. The van der Waals surface area contributed by atoms with Gasteiger partial charge in [-0.25, -0.2) is 0 Å². The molecule has 0 aliphatic carbocycles. The first-order chi connectivity index (χ1) is 13.6. The van der Waals surface area contributed by atoms with Gasteiger partial charge < -0.3 is 10.2 Å². The van der Waals surface area contributed by atoms with E-state index in [0.717, 1.165) is 25.1 Å². The lowest BCUT2D eigenvalue weighted by atomic mass is 10.2. The van der Waals surface area contributed by atoms with Gasteiger partial charge in [0.2, 0.25) is 5.91 Å². The van der Waals surface area contributed by atoms with Gasteiger partial charge in [-0.3, -0.25) is 14.5 Å². The molecule has 1 fully saturated rings. The van der Waals surface area contributed by atoms with Gasteiger partial charge in [0, 0.05) is 32.7 Å². The zero-order valence-corrected chi connectivity index (χ0v) is 16.6. The summed E-state index contributed by atoms with van der Waals surface area (Å²) in [6, 6.07) is 9.55. The van der Waals surface area contributed by atoms with E-state index >= 15 is 0 Å². The molecule has 150 valence electrons. The van der Waals surface area contributed by atoms with E-state index in [1.54, 1.807) is 11.8 Å². The number of carbonyl (C=O) groups is 2. The van der Waals surface area contributed by atoms with Crippen molar-refractivity contribution in [2.24, 2.45) is 0 Å². The van der Waals surface area contributed by atoms with Crippen molar-refractivity contribution in [1.29, 1.82) is 0 Å². The molecule has 0 saturated carbocycles. The van der Waals surface area contributed by atoms with E-state index in [-0.39, 0.29) is 11.8 Å². The van der Waals surface area contributed by atoms with Crippen molar-refractivity contribution in [2.75, 3.05) is 39.3 Å². The molecular weight excluding hydrogens is 356 g/mol. The van der Waals surface area contributed by atoms with Crippen LogP contribution in [0.25, 0.3) is 5.69 Å². The van der Waals surface area contributed by atoms with Gasteiger partial charge in [-0.15, -0.1) is 5.10 Å². The van der Waals surface area contributed by atoms with Gasteiger partial charge in [-0.05, 0) is 25.5 Å². The van der Waals surface area contributed by atoms with Gasteiger partial charge >= 0.3 is 0 Å². The number of amides is 2. The molecule has 0 atom stereocenters. The summed E-state index contributed by atoms with van der Waals surface area (Å²) in [5.41, 5.74) is 1.82. The normalized spacial score (nSPS) is 14.9. The third kappa shape index (κ3) is 4.95. The van der Waals surface area contributed by atoms with Crippen LogP contribution in [0.1, 0.15) is 35.9 Å². The molecule has 1 saturated heterocycles. The number of benzene rings is 1. The van der Waals surface area contributed by atoms with Crippen molar-refractivity contribution in [1.82, 2.24) is 30.1 Å². The van der Waals surface area contributed by atoms with Crippen LogP contribution in [0, 0.1) is 6.92 Å².